The molecule has 11 heteroatoms. The number of hydrogen-bond acceptors (Lipinski definition) is 10. The van der Waals surface area contributed by atoms with Crippen molar-refractivity contribution < 1.29 is 19.1 Å². The zero-order valence-electron chi connectivity index (χ0n) is 18.2. The van der Waals surface area contributed by atoms with Crippen LogP contribution in [0.25, 0.3) is 11.3 Å². The number of esters is 1. The Labute approximate surface area is 190 Å². The van der Waals surface area contributed by atoms with Gasteiger partial charge in [-0.2, -0.15) is 5.26 Å². The lowest BCUT2D eigenvalue weighted by molar-refractivity contribution is 0.0526. The fourth-order valence-electron chi connectivity index (χ4n) is 2.89. The molecule has 0 aliphatic carbocycles. The monoisotopic (exact) mass is 449 g/mol. The Kier molecular flexibility index (Phi) is 7.91. The summed E-state index contributed by atoms with van der Waals surface area (Å²) in [4.78, 5) is 38.0. The molecule has 2 heterocycles. The number of nitriles is 1. The van der Waals surface area contributed by atoms with E-state index in [1.54, 1.807) is 37.3 Å². The second kappa shape index (κ2) is 11.2. The van der Waals surface area contributed by atoms with Gasteiger partial charge in [-0.05, 0) is 25.1 Å². The van der Waals surface area contributed by atoms with E-state index < -0.39 is 12.1 Å². The molecule has 2 N–H and O–H groups in total. The van der Waals surface area contributed by atoms with Gasteiger partial charge in [-0.25, -0.2) is 24.5 Å². The summed E-state index contributed by atoms with van der Waals surface area (Å²) in [6, 6.07) is 8.82. The van der Waals surface area contributed by atoms with E-state index in [1.165, 1.54) is 24.5 Å². The first-order chi connectivity index (χ1) is 16.0. The molecule has 1 aromatic heterocycles. The van der Waals surface area contributed by atoms with Gasteiger partial charge in [0, 0.05) is 24.8 Å². The number of anilines is 1. The molecule has 0 atom stereocenters. The predicted molar refractivity (Wildman–Crippen MR) is 120 cm³/mol. The van der Waals surface area contributed by atoms with Crippen molar-refractivity contribution in [2.45, 2.75) is 6.92 Å². The lowest BCUT2D eigenvalue weighted by Crippen LogP contribution is -2.33. The van der Waals surface area contributed by atoms with Crippen LogP contribution in [0.5, 0.6) is 0 Å². The Hall–Kier alpha value is -4.46. The highest BCUT2D eigenvalue weighted by atomic mass is 16.5. The number of hydrogen-bond donors (Lipinski definition) is 2. The molecule has 1 amide bonds. The number of rotatable bonds is 8. The molecule has 0 fully saturated rings. The summed E-state index contributed by atoms with van der Waals surface area (Å²) in [6.45, 7) is 3.29. The summed E-state index contributed by atoms with van der Waals surface area (Å²) in [5, 5.41) is 15.3. The molecule has 0 spiro atoms. The van der Waals surface area contributed by atoms with E-state index in [9.17, 15) is 9.59 Å². The van der Waals surface area contributed by atoms with E-state index in [0.29, 0.717) is 48.2 Å². The highest BCUT2D eigenvalue weighted by molar-refractivity contribution is 5.96. The average Bonchev–Trinajstić information content (AvgIpc) is 2.86. The zero-order valence-corrected chi connectivity index (χ0v) is 18.2. The van der Waals surface area contributed by atoms with Crippen molar-refractivity contribution in [1.82, 2.24) is 20.2 Å². The van der Waals surface area contributed by atoms with Crippen LogP contribution in [-0.2, 0) is 9.47 Å². The Morgan fingerprint density at radius 3 is 2.61 bits per heavy atom. The highest BCUT2D eigenvalue weighted by Gasteiger charge is 2.18. The number of amides is 1. The maximum Gasteiger partial charge on any atom is 0.415 e. The summed E-state index contributed by atoms with van der Waals surface area (Å²) in [7, 11) is 1.31. The smallest absolute Gasteiger partial charge is 0.415 e. The third kappa shape index (κ3) is 6.04. The van der Waals surface area contributed by atoms with Gasteiger partial charge in [-0.1, -0.05) is 12.1 Å². The number of ether oxygens (including phenoxy) is 2. The van der Waals surface area contributed by atoms with Crippen LogP contribution in [0, 0.1) is 11.3 Å². The van der Waals surface area contributed by atoms with Crippen molar-refractivity contribution in [3.63, 3.8) is 0 Å². The van der Waals surface area contributed by atoms with Crippen molar-refractivity contribution in [3.05, 3.63) is 53.5 Å². The van der Waals surface area contributed by atoms with Gasteiger partial charge in [0.25, 0.3) is 0 Å². The predicted octanol–water partition coefficient (Wildman–Crippen LogP) is 2.15. The Morgan fingerprint density at radius 2 is 1.97 bits per heavy atom. The molecule has 33 heavy (non-hydrogen) atoms. The van der Waals surface area contributed by atoms with Crippen molar-refractivity contribution in [2.75, 3.05) is 38.7 Å². The zero-order chi connectivity index (χ0) is 23.6. The Morgan fingerprint density at radius 1 is 1.21 bits per heavy atom. The molecule has 3 rings (SSSR count). The van der Waals surface area contributed by atoms with Gasteiger partial charge in [0.15, 0.2) is 0 Å². The van der Waals surface area contributed by atoms with Gasteiger partial charge in [0.1, 0.15) is 17.7 Å². The number of benzene rings is 1. The van der Waals surface area contributed by atoms with Gasteiger partial charge in [0.2, 0.25) is 5.95 Å². The van der Waals surface area contributed by atoms with E-state index in [2.05, 4.69) is 36.4 Å². The van der Waals surface area contributed by atoms with Crippen LogP contribution < -0.4 is 10.6 Å². The lowest BCUT2D eigenvalue weighted by Gasteiger charge is -2.18. The summed E-state index contributed by atoms with van der Waals surface area (Å²) < 4.78 is 9.76. The second-order valence-electron chi connectivity index (χ2n) is 6.68. The molecule has 1 aromatic carbocycles. The van der Waals surface area contributed by atoms with Crippen LogP contribution in [0.2, 0.25) is 0 Å². The standard InChI is InChI=1S/C22H23N7O4/c1-3-33-20(30)17-13-26-21(28-19(17)16-6-4-15(12-23)5-7-16)25-10-9-24-18-8-11-29(14-27-18)22(31)32-2/h4-8,13-14,24H,3,9-11H2,1-2H3,(H,25,26,28). The number of nitrogens with one attached hydrogen (secondary N) is 2. The molecular weight excluding hydrogens is 426 g/mol. The van der Waals surface area contributed by atoms with Crippen LogP contribution in [0.3, 0.4) is 0 Å². The van der Waals surface area contributed by atoms with Gasteiger partial charge < -0.3 is 20.1 Å². The third-order valence-corrected chi connectivity index (χ3v) is 4.51. The van der Waals surface area contributed by atoms with Gasteiger partial charge in [0.05, 0.1) is 37.6 Å². The number of carbonyl (C=O) groups is 2. The van der Waals surface area contributed by atoms with E-state index in [4.69, 9.17) is 10.00 Å². The van der Waals surface area contributed by atoms with E-state index in [-0.39, 0.29) is 12.2 Å². The van der Waals surface area contributed by atoms with Crippen LogP contribution in [-0.4, -0.2) is 66.6 Å². The first kappa shape index (κ1) is 23.2. The fourth-order valence-corrected chi connectivity index (χ4v) is 2.89. The van der Waals surface area contributed by atoms with Gasteiger partial charge in [-0.3, -0.25) is 4.90 Å². The SMILES string of the molecule is CCOC(=O)c1cnc(NCCNC2=CCN(C(=O)OC)C=N2)nc1-c1ccc(C#N)cc1. The van der Waals surface area contributed by atoms with Crippen molar-refractivity contribution >= 4 is 24.3 Å². The molecule has 0 saturated heterocycles. The molecule has 1 aliphatic heterocycles. The number of carbonyl (C=O) groups excluding carboxylic acids is 2. The normalized spacial score (nSPS) is 12.4. The summed E-state index contributed by atoms with van der Waals surface area (Å²) >= 11 is 0. The maximum absolute atomic E-state index is 12.4. The highest BCUT2D eigenvalue weighted by Crippen LogP contribution is 2.23. The third-order valence-electron chi connectivity index (χ3n) is 4.51. The maximum atomic E-state index is 12.4. The van der Waals surface area contributed by atoms with Crippen LogP contribution >= 0.6 is 0 Å². The molecule has 0 radical (unpaired) electrons. The first-order valence-corrected chi connectivity index (χ1v) is 10.2. The first-order valence-electron chi connectivity index (χ1n) is 10.2. The van der Waals surface area contributed by atoms with E-state index >= 15 is 0 Å². The quantitative estimate of drug-likeness (QED) is 0.458. The molecule has 0 bridgehead atoms. The van der Waals surface area contributed by atoms with E-state index in [1.807, 2.05) is 0 Å². The van der Waals surface area contributed by atoms with Crippen LogP contribution in [0.4, 0.5) is 10.7 Å². The Bertz CT molecular complexity index is 1110. The average molecular weight is 449 g/mol. The Balaban J connectivity index is 1.64. The molecule has 0 saturated carbocycles. The largest absolute Gasteiger partial charge is 0.462 e. The molecular formula is C22H23N7O4. The number of nitrogens with zero attached hydrogens (tertiary/aromatic N) is 5. The van der Waals surface area contributed by atoms with Crippen molar-refractivity contribution in [1.29, 1.82) is 5.26 Å². The van der Waals surface area contributed by atoms with Gasteiger partial charge >= 0.3 is 12.1 Å². The molecule has 170 valence electrons. The molecule has 2 aromatic rings. The minimum Gasteiger partial charge on any atom is -0.462 e. The number of aliphatic imine (C=N–C) groups is 1. The van der Waals surface area contributed by atoms with Crippen molar-refractivity contribution in [3.8, 4) is 17.3 Å². The van der Waals surface area contributed by atoms with Crippen LogP contribution in [0.15, 0.2) is 47.4 Å². The van der Waals surface area contributed by atoms with Crippen LogP contribution in [0.1, 0.15) is 22.8 Å². The van der Waals surface area contributed by atoms with Crippen molar-refractivity contribution in [2.24, 2.45) is 4.99 Å². The topological polar surface area (TPSA) is 142 Å². The van der Waals surface area contributed by atoms with Gasteiger partial charge in [-0.15, -0.1) is 0 Å². The number of methoxy groups -OCH3 is 1. The fraction of sp³-hybridized carbons (Fsp3) is 0.273. The summed E-state index contributed by atoms with van der Waals surface area (Å²) in [6.07, 6.45) is 4.12. The molecule has 11 nitrogen and oxygen atoms in total. The molecule has 1 aliphatic rings. The van der Waals surface area contributed by atoms with E-state index in [0.717, 1.165) is 0 Å². The summed E-state index contributed by atoms with van der Waals surface area (Å²) in [5.41, 5.74) is 1.81. The summed E-state index contributed by atoms with van der Waals surface area (Å²) in [5.74, 6) is 0.448. The number of aromatic nitrogens is 2. The second-order valence-corrected chi connectivity index (χ2v) is 6.68. The minimum absolute atomic E-state index is 0.229. The molecule has 0 unspecified atom stereocenters. The minimum atomic E-state index is -0.520. The lowest BCUT2D eigenvalue weighted by atomic mass is 10.1.